The van der Waals surface area contributed by atoms with Crippen molar-refractivity contribution >= 4 is 23.1 Å². The van der Waals surface area contributed by atoms with Crippen LogP contribution in [-0.4, -0.2) is 66.0 Å². The number of ether oxygens (including phenoxy) is 1. The summed E-state index contributed by atoms with van der Waals surface area (Å²) in [7, 11) is 0. The molecule has 2 saturated heterocycles. The van der Waals surface area contributed by atoms with Gasteiger partial charge in [-0.05, 0) is 55.0 Å². The fourth-order valence-corrected chi connectivity index (χ4v) is 5.43. The summed E-state index contributed by atoms with van der Waals surface area (Å²) in [4.78, 5) is 29.0. The summed E-state index contributed by atoms with van der Waals surface area (Å²) in [6.45, 7) is 4.64. The number of carbonyl (C=O) groups excluding carboxylic acids is 2. The van der Waals surface area contributed by atoms with E-state index in [0.717, 1.165) is 68.2 Å². The lowest BCUT2D eigenvalue weighted by molar-refractivity contribution is -0.110. The van der Waals surface area contributed by atoms with Crippen LogP contribution in [0.4, 0.5) is 0 Å². The second-order valence-electron chi connectivity index (χ2n) is 9.45. The lowest BCUT2D eigenvalue weighted by atomic mass is 9.90. The topological polar surface area (TPSA) is 54.8 Å². The molecule has 2 aromatic carbocycles. The molecular formula is C28H33N3O3. The van der Waals surface area contributed by atoms with Crippen LogP contribution in [0, 0.1) is 5.92 Å². The smallest absolute Gasteiger partial charge is 0.253 e. The highest BCUT2D eigenvalue weighted by Crippen LogP contribution is 2.28. The molecule has 3 heterocycles. The Balaban J connectivity index is 1.26. The number of aldehydes is 1. The van der Waals surface area contributed by atoms with Gasteiger partial charge < -0.3 is 19.0 Å². The van der Waals surface area contributed by atoms with E-state index in [1.54, 1.807) is 0 Å². The third-order valence-electron chi connectivity index (χ3n) is 7.33. The van der Waals surface area contributed by atoms with E-state index in [4.69, 9.17) is 4.74 Å². The molecule has 2 aliphatic rings. The van der Waals surface area contributed by atoms with Gasteiger partial charge in [-0.25, -0.2) is 0 Å². The standard InChI is InChI=1S/C28H33N3O3/c32-17-11-27(29-15-18-34-19-16-29)31-14-10-24-21-25(6-7-26(24)31)28(33)30-12-8-23(9-13-30)20-22-4-2-1-3-5-22/h1-7,10,14,17,21,23,27H,8-9,11-13,15-16,18-20H2. The van der Waals surface area contributed by atoms with E-state index in [9.17, 15) is 9.59 Å². The van der Waals surface area contributed by atoms with Gasteiger partial charge in [0, 0.05) is 55.3 Å². The number of aromatic nitrogens is 1. The Labute approximate surface area is 201 Å². The lowest BCUT2D eigenvalue weighted by Gasteiger charge is -2.35. The highest BCUT2D eigenvalue weighted by atomic mass is 16.5. The molecule has 2 fully saturated rings. The molecular weight excluding hydrogens is 426 g/mol. The van der Waals surface area contributed by atoms with Gasteiger partial charge >= 0.3 is 0 Å². The Kier molecular flexibility index (Phi) is 7.07. The Morgan fingerprint density at radius 1 is 1.00 bits per heavy atom. The first kappa shape index (κ1) is 22.8. The summed E-state index contributed by atoms with van der Waals surface area (Å²) < 4.78 is 7.65. The van der Waals surface area contributed by atoms with Gasteiger partial charge in [0.1, 0.15) is 6.29 Å². The van der Waals surface area contributed by atoms with Crippen molar-refractivity contribution in [2.45, 2.75) is 31.8 Å². The van der Waals surface area contributed by atoms with Crippen LogP contribution in [0.5, 0.6) is 0 Å². The SMILES string of the molecule is O=CCC(N1CCOCC1)n1ccc2cc(C(=O)N3CCC(Cc4ccccc4)CC3)ccc21. The molecule has 1 unspecified atom stereocenters. The van der Waals surface area contributed by atoms with Crippen LogP contribution in [0.1, 0.15) is 41.3 Å². The van der Waals surface area contributed by atoms with Crippen LogP contribution in [0.3, 0.4) is 0 Å². The van der Waals surface area contributed by atoms with Crippen molar-refractivity contribution in [3.05, 3.63) is 71.9 Å². The van der Waals surface area contributed by atoms with Crippen LogP contribution >= 0.6 is 0 Å². The second kappa shape index (κ2) is 10.5. The molecule has 1 atom stereocenters. The molecule has 0 N–H and O–H groups in total. The molecule has 0 spiro atoms. The number of morpholine rings is 1. The van der Waals surface area contributed by atoms with E-state index in [2.05, 4.69) is 45.9 Å². The van der Waals surface area contributed by atoms with Gasteiger partial charge in [-0.1, -0.05) is 30.3 Å². The number of benzene rings is 2. The maximum absolute atomic E-state index is 13.2. The van der Waals surface area contributed by atoms with Crippen LogP contribution < -0.4 is 0 Å². The Morgan fingerprint density at radius 2 is 1.76 bits per heavy atom. The van der Waals surface area contributed by atoms with Gasteiger partial charge in [0.15, 0.2) is 0 Å². The van der Waals surface area contributed by atoms with Gasteiger partial charge in [-0.15, -0.1) is 0 Å². The van der Waals surface area contributed by atoms with Crippen molar-refractivity contribution < 1.29 is 14.3 Å². The Morgan fingerprint density at radius 3 is 2.50 bits per heavy atom. The van der Waals surface area contributed by atoms with E-state index in [0.29, 0.717) is 25.6 Å². The molecule has 0 bridgehead atoms. The first-order valence-electron chi connectivity index (χ1n) is 12.4. The summed E-state index contributed by atoms with van der Waals surface area (Å²) in [6, 6.07) is 18.7. The number of rotatable bonds is 7. The van der Waals surface area contributed by atoms with Crippen LogP contribution in [-0.2, 0) is 16.0 Å². The van der Waals surface area contributed by atoms with Crippen molar-refractivity contribution in [2.75, 3.05) is 39.4 Å². The number of hydrogen-bond donors (Lipinski definition) is 0. The highest BCUT2D eigenvalue weighted by molar-refractivity contribution is 5.98. The summed E-state index contributed by atoms with van der Waals surface area (Å²) >= 11 is 0. The van der Waals surface area contributed by atoms with Crippen LogP contribution in [0.15, 0.2) is 60.8 Å². The van der Waals surface area contributed by atoms with Crippen LogP contribution in [0.25, 0.3) is 10.9 Å². The van der Waals surface area contributed by atoms with Gasteiger partial charge in [0.25, 0.3) is 5.91 Å². The molecule has 5 rings (SSSR count). The Hall–Kier alpha value is -2.96. The van der Waals surface area contributed by atoms with E-state index < -0.39 is 0 Å². The number of piperidine rings is 1. The fraction of sp³-hybridized carbons (Fsp3) is 0.429. The lowest BCUT2D eigenvalue weighted by Crippen LogP contribution is -2.41. The fourth-order valence-electron chi connectivity index (χ4n) is 5.43. The summed E-state index contributed by atoms with van der Waals surface area (Å²) in [5.74, 6) is 0.753. The number of nitrogens with zero attached hydrogens (tertiary/aromatic N) is 3. The molecule has 0 radical (unpaired) electrons. The summed E-state index contributed by atoms with van der Waals surface area (Å²) in [6.07, 6.45) is 6.63. The second-order valence-corrected chi connectivity index (χ2v) is 9.45. The summed E-state index contributed by atoms with van der Waals surface area (Å²) in [5, 5.41) is 1.04. The number of hydrogen-bond acceptors (Lipinski definition) is 4. The third-order valence-corrected chi connectivity index (χ3v) is 7.33. The number of fused-ring (bicyclic) bond motifs is 1. The zero-order valence-electron chi connectivity index (χ0n) is 19.6. The zero-order valence-corrected chi connectivity index (χ0v) is 19.6. The molecule has 3 aromatic rings. The minimum absolute atomic E-state index is 0.0240. The average Bonchev–Trinajstić information content (AvgIpc) is 3.31. The minimum atomic E-state index is -0.0240. The highest BCUT2D eigenvalue weighted by Gasteiger charge is 2.26. The largest absolute Gasteiger partial charge is 0.379 e. The molecule has 1 aromatic heterocycles. The predicted molar refractivity (Wildman–Crippen MR) is 133 cm³/mol. The normalized spacial score (nSPS) is 18.8. The van der Waals surface area contributed by atoms with Gasteiger partial charge in [0.2, 0.25) is 0 Å². The van der Waals surface area contributed by atoms with Gasteiger partial charge in [-0.3, -0.25) is 9.69 Å². The van der Waals surface area contributed by atoms with Gasteiger partial charge in [-0.2, -0.15) is 0 Å². The summed E-state index contributed by atoms with van der Waals surface area (Å²) in [5.41, 5.74) is 3.17. The first-order chi connectivity index (χ1) is 16.7. The number of carbonyl (C=O) groups is 2. The zero-order chi connectivity index (χ0) is 23.3. The molecule has 1 amide bonds. The van der Waals surface area contributed by atoms with Crippen LogP contribution in [0.2, 0.25) is 0 Å². The first-order valence-corrected chi connectivity index (χ1v) is 12.4. The maximum atomic E-state index is 13.2. The third kappa shape index (κ3) is 4.93. The van der Waals surface area contributed by atoms with Crippen molar-refractivity contribution in [2.24, 2.45) is 5.92 Å². The quantitative estimate of drug-likeness (QED) is 0.498. The predicted octanol–water partition coefficient (Wildman–Crippen LogP) is 4.16. The molecule has 178 valence electrons. The average molecular weight is 460 g/mol. The van der Waals surface area contributed by atoms with E-state index in [1.807, 2.05) is 29.3 Å². The van der Waals surface area contributed by atoms with E-state index in [-0.39, 0.29) is 12.1 Å². The van der Waals surface area contributed by atoms with Crippen molar-refractivity contribution in [1.82, 2.24) is 14.4 Å². The molecule has 0 saturated carbocycles. The number of amides is 1. The number of likely N-dealkylation sites (tertiary alicyclic amines) is 1. The monoisotopic (exact) mass is 459 g/mol. The molecule has 0 aliphatic carbocycles. The Bertz CT molecular complexity index is 1110. The van der Waals surface area contributed by atoms with Crippen molar-refractivity contribution in [3.63, 3.8) is 0 Å². The molecule has 6 nitrogen and oxygen atoms in total. The molecule has 6 heteroatoms. The molecule has 34 heavy (non-hydrogen) atoms. The van der Waals surface area contributed by atoms with Gasteiger partial charge in [0.05, 0.1) is 19.4 Å². The molecule has 2 aliphatic heterocycles. The van der Waals surface area contributed by atoms with Crippen molar-refractivity contribution in [1.29, 1.82) is 0 Å². The van der Waals surface area contributed by atoms with E-state index >= 15 is 0 Å². The van der Waals surface area contributed by atoms with E-state index in [1.165, 1.54) is 5.56 Å². The van der Waals surface area contributed by atoms with Crippen molar-refractivity contribution in [3.8, 4) is 0 Å². The minimum Gasteiger partial charge on any atom is -0.379 e. The maximum Gasteiger partial charge on any atom is 0.253 e.